The van der Waals surface area contributed by atoms with Crippen LogP contribution < -0.4 is 10.6 Å². The second-order valence-electron chi connectivity index (χ2n) is 7.71. The molecule has 0 fully saturated rings. The van der Waals surface area contributed by atoms with E-state index in [4.69, 9.17) is 15.2 Å². The number of nitrogens with zero attached hydrogens (tertiary/aromatic N) is 4. The maximum atomic E-state index is 13.5. The van der Waals surface area contributed by atoms with Crippen LogP contribution in [0.5, 0.6) is 0 Å². The zero-order chi connectivity index (χ0) is 29.2. The van der Waals surface area contributed by atoms with Gasteiger partial charge in [0, 0.05) is 12.1 Å². The lowest BCUT2D eigenvalue weighted by atomic mass is 9.80. The summed E-state index contributed by atoms with van der Waals surface area (Å²) in [4.78, 5) is 47.5. The highest BCUT2D eigenvalue weighted by Gasteiger charge is 2.48. The smallest absolute Gasteiger partial charge is 0.416 e. The van der Waals surface area contributed by atoms with Crippen molar-refractivity contribution in [3.8, 4) is 6.07 Å². The summed E-state index contributed by atoms with van der Waals surface area (Å²) < 4.78 is 49.9. The van der Waals surface area contributed by atoms with Crippen LogP contribution >= 0.6 is 0 Å². The van der Waals surface area contributed by atoms with Crippen molar-refractivity contribution >= 4 is 29.0 Å². The summed E-state index contributed by atoms with van der Waals surface area (Å²) in [5.74, 6) is -4.92. The van der Waals surface area contributed by atoms with E-state index in [0.717, 1.165) is 14.2 Å². The number of carbonyl (C=O) groups is 2. The summed E-state index contributed by atoms with van der Waals surface area (Å²) in [6.07, 6.45) is -5.24. The summed E-state index contributed by atoms with van der Waals surface area (Å²) in [7, 11) is 1.75. The third kappa shape index (κ3) is 4.92. The van der Waals surface area contributed by atoms with E-state index in [1.807, 2.05) is 0 Å². The fourth-order valence-corrected chi connectivity index (χ4v) is 4.02. The molecule has 0 saturated heterocycles. The number of halogens is 3. The number of hydrogen-bond acceptors (Lipinski definition) is 11. The van der Waals surface area contributed by atoms with E-state index < -0.39 is 79.2 Å². The molecule has 2 N–H and O–H groups in total. The number of rotatable bonds is 6. The highest BCUT2D eigenvalue weighted by atomic mass is 19.4. The highest BCUT2D eigenvalue weighted by Crippen LogP contribution is 2.49. The Morgan fingerprint density at radius 1 is 1.03 bits per heavy atom. The van der Waals surface area contributed by atoms with Crippen molar-refractivity contribution in [3.63, 3.8) is 0 Å². The van der Waals surface area contributed by atoms with Crippen LogP contribution in [0.25, 0.3) is 0 Å². The maximum absolute atomic E-state index is 13.5. The minimum Gasteiger partial charge on any atom is -0.466 e. The minimum atomic E-state index is -5.24. The number of carbonyl (C=O) groups excluding carboxylic acids is 2. The summed E-state index contributed by atoms with van der Waals surface area (Å²) in [5, 5.41) is 33.8. The highest BCUT2D eigenvalue weighted by molar-refractivity contribution is 6.07. The molecule has 39 heavy (non-hydrogen) atoms. The van der Waals surface area contributed by atoms with E-state index in [-0.39, 0.29) is 17.7 Å². The van der Waals surface area contributed by atoms with Crippen molar-refractivity contribution in [1.29, 1.82) is 5.26 Å². The fourth-order valence-electron chi connectivity index (χ4n) is 4.02. The van der Waals surface area contributed by atoms with Crippen LogP contribution in [-0.4, -0.2) is 36.0 Å². The standard InChI is InChI=1S/C23H16F3N5O8/c1-38-21(32)17-16(11-6-4-3-5-7-11)13(10-27)20(28)29(19(17)22(33)39-2)18-14(30(34)35)8-12(23(24,25)26)9-15(18)31(36)37/h3-9,16H,28H2,1-2H3. The van der Waals surface area contributed by atoms with E-state index in [9.17, 15) is 48.3 Å². The number of nitro groups is 2. The quantitative estimate of drug-likeness (QED) is 0.316. The molecule has 0 saturated carbocycles. The van der Waals surface area contributed by atoms with Crippen LogP contribution in [0.2, 0.25) is 0 Å². The second-order valence-corrected chi connectivity index (χ2v) is 7.71. The Labute approximate surface area is 216 Å². The zero-order valence-electron chi connectivity index (χ0n) is 19.9. The van der Waals surface area contributed by atoms with Gasteiger partial charge in [0.25, 0.3) is 0 Å². The van der Waals surface area contributed by atoms with Crippen LogP contribution in [0.1, 0.15) is 17.0 Å². The molecule has 1 atom stereocenters. The molecule has 0 spiro atoms. The lowest BCUT2D eigenvalue weighted by molar-refractivity contribution is -0.393. The number of allylic oxidation sites excluding steroid dienone is 1. The number of anilines is 1. The monoisotopic (exact) mass is 547 g/mol. The average molecular weight is 547 g/mol. The van der Waals surface area contributed by atoms with E-state index in [2.05, 4.69) is 0 Å². The van der Waals surface area contributed by atoms with Gasteiger partial charge in [-0.3, -0.25) is 25.1 Å². The third-order valence-corrected chi connectivity index (χ3v) is 5.62. The van der Waals surface area contributed by atoms with Gasteiger partial charge in [-0.1, -0.05) is 30.3 Å². The predicted octanol–water partition coefficient (Wildman–Crippen LogP) is 3.42. The van der Waals surface area contributed by atoms with E-state index in [1.54, 1.807) is 12.1 Å². The molecule has 0 aromatic heterocycles. The second kappa shape index (κ2) is 10.5. The first kappa shape index (κ1) is 28.1. The van der Waals surface area contributed by atoms with Gasteiger partial charge in [-0.2, -0.15) is 18.4 Å². The summed E-state index contributed by atoms with van der Waals surface area (Å²) in [6, 6.07) is 9.25. The molecule has 2 aromatic carbocycles. The number of alkyl halides is 3. The van der Waals surface area contributed by atoms with Gasteiger partial charge in [-0.15, -0.1) is 0 Å². The molecule has 2 aromatic rings. The maximum Gasteiger partial charge on any atom is 0.416 e. The molecule has 13 nitrogen and oxygen atoms in total. The van der Waals surface area contributed by atoms with Gasteiger partial charge < -0.3 is 15.2 Å². The van der Waals surface area contributed by atoms with Crippen LogP contribution in [0.3, 0.4) is 0 Å². The molecule has 1 aliphatic heterocycles. The number of nitro benzene ring substituents is 2. The lowest BCUT2D eigenvalue weighted by Crippen LogP contribution is -2.41. The average Bonchev–Trinajstić information content (AvgIpc) is 2.90. The first-order chi connectivity index (χ1) is 18.3. The van der Waals surface area contributed by atoms with Crippen molar-refractivity contribution in [3.05, 3.63) is 96.5 Å². The molecule has 202 valence electrons. The number of methoxy groups -OCH3 is 2. The molecule has 1 heterocycles. The Bertz CT molecular complexity index is 1460. The molecular formula is C23H16F3N5O8. The van der Waals surface area contributed by atoms with Gasteiger partial charge in [0.2, 0.25) is 5.69 Å². The number of esters is 2. The Morgan fingerprint density at radius 3 is 1.95 bits per heavy atom. The number of hydrogen-bond donors (Lipinski definition) is 1. The van der Waals surface area contributed by atoms with Crippen LogP contribution in [0.15, 0.2) is 65.1 Å². The molecule has 0 amide bonds. The molecular weight excluding hydrogens is 531 g/mol. The summed E-state index contributed by atoms with van der Waals surface area (Å²) in [6.45, 7) is 0. The fraction of sp³-hybridized carbons (Fsp3) is 0.174. The summed E-state index contributed by atoms with van der Waals surface area (Å²) >= 11 is 0. The van der Waals surface area contributed by atoms with Crippen LogP contribution in [0, 0.1) is 31.6 Å². The Kier molecular flexibility index (Phi) is 7.57. The zero-order valence-corrected chi connectivity index (χ0v) is 19.9. The van der Waals surface area contributed by atoms with Gasteiger partial charge in [0.15, 0.2) is 0 Å². The Morgan fingerprint density at radius 2 is 1.54 bits per heavy atom. The SMILES string of the molecule is COC(=O)C1=C(C(=O)OC)N(c2c([N+](=O)[O-])cc(C(F)(F)F)cc2[N+](=O)[O-])C(N)=C(C#N)C1c1ccccc1. The predicted molar refractivity (Wildman–Crippen MR) is 124 cm³/mol. The first-order valence-corrected chi connectivity index (χ1v) is 10.5. The summed E-state index contributed by atoms with van der Waals surface area (Å²) in [5.41, 5.74) is -1.71. The van der Waals surface area contributed by atoms with Gasteiger partial charge in [0.1, 0.15) is 11.5 Å². The number of ether oxygens (including phenoxy) is 2. The van der Waals surface area contributed by atoms with E-state index in [0.29, 0.717) is 4.90 Å². The molecule has 3 rings (SSSR count). The van der Waals surface area contributed by atoms with E-state index in [1.165, 1.54) is 24.3 Å². The Hall–Kier alpha value is -5.46. The van der Waals surface area contributed by atoms with Crippen LogP contribution in [-0.2, 0) is 25.2 Å². The number of benzene rings is 2. The first-order valence-electron chi connectivity index (χ1n) is 10.5. The van der Waals surface area contributed by atoms with Gasteiger partial charge >= 0.3 is 29.5 Å². The van der Waals surface area contributed by atoms with E-state index >= 15 is 0 Å². The molecule has 1 unspecified atom stereocenters. The van der Waals surface area contributed by atoms with Gasteiger partial charge in [0.05, 0.1) is 52.8 Å². The number of nitriles is 1. The molecule has 0 aliphatic carbocycles. The normalized spacial score (nSPS) is 15.5. The van der Waals surface area contributed by atoms with Crippen molar-refractivity contribution in [1.82, 2.24) is 0 Å². The largest absolute Gasteiger partial charge is 0.466 e. The van der Waals surface area contributed by atoms with Crippen molar-refractivity contribution in [2.24, 2.45) is 5.73 Å². The topological polar surface area (TPSA) is 192 Å². The van der Waals surface area contributed by atoms with Crippen molar-refractivity contribution < 1.29 is 42.1 Å². The molecule has 1 aliphatic rings. The van der Waals surface area contributed by atoms with Gasteiger partial charge in [-0.25, -0.2) is 9.59 Å². The van der Waals surface area contributed by atoms with Gasteiger partial charge in [-0.05, 0) is 5.56 Å². The molecule has 0 bridgehead atoms. The molecule has 16 heteroatoms. The minimum absolute atomic E-state index is 0.00232. The van der Waals surface area contributed by atoms with Crippen LogP contribution in [0.4, 0.5) is 30.2 Å². The molecule has 0 radical (unpaired) electrons. The third-order valence-electron chi connectivity index (χ3n) is 5.62. The number of nitrogens with two attached hydrogens (primary N) is 1. The van der Waals surface area contributed by atoms with Crippen molar-refractivity contribution in [2.45, 2.75) is 12.1 Å². The van der Waals surface area contributed by atoms with Crippen molar-refractivity contribution in [2.75, 3.05) is 19.1 Å². The Balaban J connectivity index is 2.61. The lowest BCUT2D eigenvalue weighted by Gasteiger charge is -2.35.